The molecule has 0 fully saturated rings. The van der Waals surface area contributed by atoms with Gasteiger partial charge in [-0.15, -0.1) is 13.2 Å². The molecule has 1 aromatic carbocycles. The third-order valence-corrected chi connectivity index (χ3v) is 1.64. The summed E-state index contributed by atoms with van der Waals surface area (Å²) in [7, 11) is 0. The van der Waals surface area contributed by atoms with Gasteiger partial charge in [0.25, 0.3) is 0 Å². The van der Waals surface area contributed by atoms with Crippen molar-refractivity contribution in [2.45, 2.75) is 13.0 Å². The van der Waals surface area contributed by atoms with E-state index in [1.54, 1.807) is 0 Å². The lowest BCUT2D eigenvalue weighted by molar-refractivity contribution is -0.275. The highest BCUT2D eigenvalue weighted by atomic mass is 19.4. The summed E-state index contributed by atoms with van der Waals surface area (Å²) in [6, 6.07) is 2.45. The Hall–Kier alpha value is -2.06. The van der Waals surface area contributed by atoms with Gasteiger partial charge in [-0.2, -0.15) is 8.78 Å². The van der Waals surface area contributed by atoms with Crippen molar-refractivity contribution in [3.8, 4) is 11.5 Å². The van der Waals surface area contributed by atoms with Crippen LogP contribution in [0.25, 0.3) is 0 Å². The van der Waals surface area contributed by atoms with E-state index in [2.05, 4.69) is 9.47 Å². The van der Waals surface area contributed by atoms with E-state index < -0.39 is 36.0 Å². The third-order valence-electron chi connectivity index (χ3n) is 1.64. The van der Waals surface area contributed by atoms with Crippen molar-refractivity contribution in [1.82, 2.24) is 0 Å². The van der Waals surface area contributed by atoms with Crippen LogP contribution in [0, 0.1) is 0 Å². The number of aromatic carboxylic acids is 1. The van der Waals surface area contributed by atoms with Gasteiger partial charge >= 0.3 is 18.9 Å². The maximum absolute atomic E-state index is 12.0. The van der Waals surface area contributed by atoms with Crippen LogP contribution in [0.5, 0.6) is 11.5 Å². The standard InChI is InChI=1S/C9H5F5O4/c10-8(11)17-5-3-1-2-4(7(15)16)6(5)18-9(12,13)14/h1-3,8H,(H,15,16). The number of benzene rings is 1. The average Bonchev–Trinajstić information content (AvgIpc) is 2.17. The van der Waals surface area contributed by atoms with Gasteiger partial charge in [-0.3, -0.25) is 0 Å². The van der Waals surface area contributed by atoms with Gasteiger partial charge in [-0.1, -0.05) is 6.07 Å². The second-order valence-corrected chi connectivity index (χ2v) is 2.86. The summed E-state index contributed by atoms with van der Waals surface area (Å²) in [6.07, 6.45) is -5.23. The van der Waals surface area contributed by atoms with Gasteiger partial charge in [0.15, 0.2) is 11.5 Å². The maximum atomic E-state index is 12.0. The number of alkyl halides is 5. The fourth-order valence-electron chi connectivity index (χ4n) is 1.09. The Balaban J connectivity index is 3.25. The summed E-state index contributed by atoms with van der Waals surface area (Å²) < 4.78 is 67.2. The van der Waals surface area contributed by atoms with Crippen LogP contribution in [-0.2, 0) is 0 Å². The van der Waals surface area contributed by atoms with Crippen molar-refractivity contribution in [2.24, 2.45) is 0 Å². The molecule has 0 atom stereocenters. The smallest absolute Gasteiger partial charge is 0.478 e. The Morgan fingerprint density at radius 2 is 1.89 bits per heavy atom. The van der Waals surface area contributed by atoms with Crippen LogP contribution in [0.15, 0.2) is 18.2 Å². The van der Waals surface area contributed by atoms with Gasteiger partial charge in [-0.05, 0) is 12.1 Å². The van der Waals surface area contributed by atoms with E-state index >= 15 is 0 Å². The van der Waals surface area contributed by atoms with Gasteiger partial charge in [0.05, 0.1) is 0 Å². The Morgan fingerprint density at radius 1 is 1.28 bits per heavy atom. The fourth-order valence-corrected chi connectivity index (χ4v) is 1.09. The number of carboxylic acids is 1. The van der Waals surface area contributed by atoms with Crippen molar-refractivity contribution in [1.29, 1.82) is 0 Å². The lowest BCUT2D eigenvalue weighted by Gasteiger charge is -2.15. The molecule has 4 nitrogen and oxygen atoms in total. The highest BCUT2D eigenvalue weighted by molar-refractivity contribution is 5.92. The molecule has 0 amide bonds. The molecular formula is C9H5F5O4. The molecule has 0 aromatic heterocycles. The molecule has 0 aliphatic heterocycles. The molecule has 0 saturated carbocycles. The second-order valence-electron chi connectivity index (χ2n) is 2.86. The number of rotatable bonds is 4. The first kappa shape index (κ1) is 14.0. The van der Waals surface area contributed by atoms with Crippen LogP contribution < -0.4 is 9.47 Å². The molecule has 0 radical (unpaired) electrons. The number of halogens is 5. The minimum atomic E-state index is -5.23. The topological polar surface area (TPSA) is 55.8 Å². The van der Waals surface area contributed by atoms with Crippen molar-refractivity contribution in [3.05, 3.63) is 23.8 Å². The third kappa shape index (κ3) is 3.75. The Morgan fingerprint density at radius 3 is 2.33 bits per heavy atom. The van der Waals surface area contributed by atoms with Gasteiger partial charge in [0.1, 0.15) is 5.56 Å². The van der Waals surface area contributed by atoms with E-state index in [0.29, 0.717) is 0 Å². The number of hydrogen-bond donors (Lipinski definition) is 1. The number of carbonyl (C=O) groups is 1. The monoisotopic (exact) mass is 272 g/mol. The van der Waals surface area contributed by atoms with E-state index in [1.807, 2.05) is 0 Å². The van der Waals surface area contributed by atoms with Crippen LogP contribution in [0.4, 0.5) is 22.0 Å². The zero-order valence-corrected chi connectivity index (χ0v) is 8.37. The summed E-state index contributed by atoms with van der Waals surface area (Å²) >= 11 is 0. The van der Waals surface area contributed by atoms with Gasteiger partial charge in [0.2, 0.25) is 0 Å². The molecule has 0 bridgehead atoms. The molecule has 0 aliphatic carbocycles. The SMILES string of the molecule is O=C(O)c1cccc(OC(F)F)c1OC(F)(F)F. The highest BCUT2D eigenvalue weighted by Crippen LogP contribution is 2.36. The molecule has 0 aliphatic rings. The molecule has 0 unspecified atom stereocenters. The minimum absolute atomic E-state index is 0.736. The first-order valence-electron chi connectivity index (χ1n) is 4.27. The predicted octanol–water partition coefficient (Wildman–Crippen LogP) is 2.88. The lowest BCUT2D eigenvalue weighted by atomic mass is 10.2. The molecular weight excluding hydrogens is 267 g/mol. The van der Waals surface area contributed by atoms with Crippen LogP contribution in [-0.4, -0.2) is 24.0 Å². The van der Waals surface area contributed by atoms with Gasteiger partial charge in [0, 0.05) is 0 Å². The first-order valence-corrected chi connectivity index (χ1v) is 4.27. The largest absolute Gasteiger partial charge is 0.573 e. The molecule has 9 heteroatoms. The molecule has 1 N–H and O–H groups in total. The molecule has 0 spiro atoms. The van der Waals surface area contributed by atoms with Crippen LogP contribution >= 0.6 is 0 Å². The Kier molecular flexibility index (Phi) is 3.94. The average molecular weight is 272 g/mol. The minimum Gasteiger partial charge on any atom is -0.478 e. The molecule has 1 rings (SSSR count). The number of ether oxygens (including phenoxy) is 2. The van der Waals surface area contributed by atoms with Gasteiger partial charge in [-0.25, -0.2) is 4.79 Å². The second kappa shape index (κ2) is 5.07. The van der Waals surface area contributed by atoms with E-state index in [4.69, 9.17) is 5.11 Å². The number of para-hydroxylation sites is 1. The predicted molar refractivity (Wildman–Crippen MR) is 46.7 cm³/mol. The maximum Gasteiger partial charge on any atom is 0.573 e. The molecule has 0 heterocycles. The van der Waals surface area contributed by atoms with E-state index in [-0.39, 0.29) is 0 Å². The van der Waals surface area contributed by atoms with E-state index in [0.717, 1.165) is 18.2 Å². The molecule has 100 valence electrons. The summed E-state index contributed by atoms with van der Waals surface area (Å²) in [6.45, 7) is -3.41. The Labute approximate surface area is 96.5 Å². The molecule has 1 aromatic rings. The molecule has 0 saturated heterocycles. The lowest BCUT2D eigenvalue weighted by Crippen LogP contribution is -2.20. The normalized spacial score (nSPS) is 11.4. The van der Waals surface area contributed by atoms with Crippen molar-refractivity contribution < 1.29 is 41.3 Å². The van der Waals surface area contributed by atoms with E-state index in [9.17, 15) is 26.7 Å². The van der Waals surface area contributed by atoms with Crippen molar-refractivity contribution >= 4 is 5.97 Å². The summed E-state index contributed by atoms with van der Waals surface area (Å²) in [5, 5.41) is 8.63. The fraction of sp³-hybridized carbons (Fsp3) is 0.222. The van der Waals surface area contributed by atoms with Crippen molar-refractivity contribution in [2.75, 3.05) is 0 Å². The molecule has 18 heavy (non-hydrogen) atoms. The highest BCUT2D eigenvalue weighted by Gasteiger charge is 2.35. The Bertz CT molecular complexity index is 443. The summed E-state index contributed by atoms with van der Waals surface area (Å²) in [5.74, 6) is -4.10. The number of carboxylic acid groups (broad SMARTS) is 1. The quantitative estimate of drug-likeness (QED) is 0.856. The summed E-state index contributed by atoms with van der Waals surface area (Å²) in [4.78, 5) is 10.7. The zero-order chi connectivity index (χ0) is 13.9. The van der Waals surface area contributed by atoms with Crippen LogP contribution in [0.3, 0.4) is 0 Å². The van der Waals surface area contributed by atoms with Crippen LogP contribution in [0.2, 0.25) is 0 Å². The van der Waals surface area contributed by atoms with E-state index in [1.165, 1.54) is 0 Å². The van der Waals surface area contributed by atoms with Crippen molar-refractivity contribution in [3.63, 3.8) is 0 Å². The number of hydrogen-bond acceptors (Lipinski definition) is 3. The van der Waals surface area contributed by atoms with Crippen LogP contribution in [0.1, 0.15) is 10.4 Å². The van der Waals surface area contributed by atoms with Gasteiger partial charge < -0.3 is 14.6 Å². The first-order chi connectivity index (χ1) is 8.20. The summed E-state index contributed by atoms with van der Waals surface area (Å²) in [5.41, 5.74) is -0.939. The zero-order valence-electron chi connectivity index (χ0n) is 8.37.